The largest absolute Gasteiger partial charge is 0.342 e. The van der Waals surface area contributed by atoms with Crippen molar-refractivity contribution >= 4 is 5.91 Å². The van der Waals surface area contributed by atoms with E-state index < -0.39 is 0 Å². The topological polar surface area (TPSA) is 59.0 Å². The molecule has 1 aliphatic heterocycles. The predicted molar refractivity (Wildman–Crippen MR) is 104 cm³/mol. The van der Waals surface area contributed by atoms with E-state index in [2.05, 4.69) is 15.0 Å². The van der Waals surface area contributed by atoms with E-state index in [1.165, 1.54) is 6.07 Å². The van der Waals surface area contributed by atoms with Crippen LogP contribution in [-0.2, 0) is 11.2 Å². The maximum absolute atomic E-state index is 13.8. The Morgan fingerprint density at radius 3 is 2.57 bits per heavy atom. The van der Waals surface area contributed by atoms with Gasteiger partial charge in [0.2, 0.25) is 5.91 Å². The first-order chi connectivity index (χ1) is 13.7. The molecule has 0 atom stereocenters. The molecule has 1 fully saturated rings. The van der Waals surface area contributed by atoms with Crippen molar-refractivity contribution in [1.29, 1.82) is 0 Å². The van der Waals surface area contributed by atoms with Crippen molar-refractivity contribution in [2.24, 2.45) is 0 Å². The summed E-state index contributed by atoms with van der Waals surface area (Å²) in [6.07, 6.45) is 8.71. The summed E-state index contributed by atoms with van der Waals surface area (Å²) in [5.41, 5.74) is 3.53. The second-order valence-electron chi connectivity index (χ2n) is 6.98. The third kappa shape index (κ3) is 3.91. The van der Waals surface area contributed by atoms with Gasteiger partial charge in [0.25, 0.3) is 0 Å². The molecule has 3 heterocycles. The average Bonchev–Trinajstić information content (AvgIpc) is 2.76. The highest BCUT2D eigenvalue weighted by Crippen LogP contribution is 2.33. The smallest absolute Gasteiger partial charge is 0.227 e. The Kier molecular flexibility index (Phi) is 5.37. The van der Waals surface area contributed by atoms with Gasteiger partial charge in [-0.3, -0.25) is 9.78 Å². The van der Waals surface area contributed by atoms with Crippen LogP contribution in [0.2, 0.25) is 0 Å². The minimum Gasteiger partial charge on any atom is -0.342 e. The van der Waals surface area contributed by atoms with Gasteiger partial charge in [0.05, 0.1) is 12.1 Å². The molecule has 1 aliphatic rings. The zero-order valence-corrected chi connectivity index (χ0v) is 15.5. The molecule has 0 aliphatic carbocycles. The van der Waals surface area contributed by atoms with Gasteiger partial charge in [0.15, 0.2) is 0 Å². The lowest BCUT2D eigenvalue weighted by Crippen LogP contribution is -2.39. The van der Waals surface area contributed by atoms with Gasteiger partial charge in [-0.2, -0.15) is 0 Å². The maximum atomic E-state index is 13.8. The Bertz CT molecular complexity index is 956. The van der Waals surface area contributed by atoms with Crippen LogP contribution in [0.5, 0.6) is 0 Å². The number of amides is 1. The number of hydrogen-bond acceptors (Lipinski definition) is 4. The van der Waals surface area contributed by atoms with E-state index in [1.807, 2.05) is 23.2 Å². The number of pyridine rings is 1. The van der Waals surface area contributed by atoms with Crippen LogP contribution < -0.4 is 0 Å². The minimum absolute atomic E-state index is 0.0272. The molecule has 0 radical (unpaired) electrons. The molecule has 0 spiro atoms. The number of hydrogen-bond donors (Lipinski definition) is 0. The summed E-state index contributed by atoms with van der Waals surface area (Å²) in [5.74, 6) is -0.0852. The van der Waals surface area contributed by atoms with Gasteiger partial charge in [0, 0.05) is 43.2 Å². The summed E-state index contributed by atoms with van der Waals surface area (Å²) in [7, 11) is 0. The summed E-state index contributed by atoms with van der Waals surface area (Å²) in [6.45, 7) is 1.30. The molecule has 0 unspecified atom stereocenters. The van der Waals surface area contributed by atoms with Crippen molar-refractivity contribution in [3.05, 3.63) is 78.4 Å². The molecule has 2 aromatic heterocycles. The van der Waals surface area contributed by atoms with E-state index in [1.54, 1.807) is 36.9 Å². The van der Waals surface area contributed by atoms with E-state index in [4.69, 9.17) is 0 Å². The van der Waals surface area contributed by atoms with Crippen molar-refractivity contribution in [3.8, 4) is 11.1 Å². The normalized spacial score (nSPS) is 14.8. The molecular weight excluding hydrogens is 355 g/mol. The van der Waals surface area contributed by atoms with Crippen LogP contribution in [0.25, 0.3) is 11.1 Å². The lowest BCUT2D eigenvalue weighted by atomic mass is 9.89. The number of benzene rings is 1. The number of carbonyl (C=O) groups is 1. The number of nitrogens with zero attached hydrogens (tertiary/aromatic N) is 4. The minimum atomic E-state index is -0.325. The maximum Gasteiger partial charge on any atom is 0.227 e. The van der Waals surface area contributed by atoms with Crippen molar-refractivity contribution in [3.63, 3.8) is 0 Å². The summed E-state index contributed by atoms with van der Waals surface area (Å²) < 4.78 is 13.8. The molecule has 0 N–H and O–H groups in total. The zero-order chi connectivity index (χ0) is 19.3. The highest BCUT2D eigenvalue weighted by Gasteiger charge is 2.26. The van der Waals surface area contributed by atoms with Gasteiger partial charge in [-0.05, 0) is 42.2 Å². The molecule has 1 saturated heterocycles. The van der Waals surface area contributed by atoms with Gasteiger partial charge in [-0.25, -0.2) is 14.4 Å². The first-order valence-electron chi connectivity index (χ1n) is 9.44. The highest BCUT2D eigenvalue weighted by atomic mass is 19.1. The fourth-order valence-electron chi connectivity index (χ4n) is 3.74. The Balaban J connectivity index is 1.44. The third-order valence-corrected chi connectivity index (χ3v) is 5.27. The molecule has 0 bridgehead atoms. The first-order valence-corrected chi connectivity index (χ1v) is 9.44. The summed E-state index contributed by atoms with van der Waals surface area (Å²) in [5, 5.41) is 0. The van der Waals surface area contributed by atoms with Crippen molar-refractivity contribution in [2.75, 3.05) is 13.1 Å². The second kappa shape index (κ2) is 8.25. The lowest BCUT2D eigenvalue weighted by Gasteiger charge is -2.32. The molecule has 1 aromatic carbocycles. The standard InChI is InChI=1S/C22H21FN4O/c23-20-4-2-1-3-18(20)13-21(28)27-11-7-17(8-12-27)22-19(14-25-15-26-22)16-5-9-24-10-6-16/h1-6,9-10,14-15,17H,7-8,11-13H2. The monoisotopic (exact) mass is 376 g/mol. The van der Waals surface area contributed by atoms with E-state index in [9.17, 15) is 9.18 Å². The van der Waals surface area contributed by atoms with Crippen molar-refractivity contribution in [1.82, 2.24) is 19.9 Å². The Morgan fingerprint density at radius 1 is 1.07 bits per heavy atom. The van der Waals surface area contributed by atoms with Gasteiger partial charge < -0.3 is 4.90 Å². The van der Waals surface area contributed by atoms with Crippen LogP contribution in [-0.4, -0.2) is 38.8 Å². The van der Waals surface area contributed by atoms with Gasteiger partial charge >= 0.3 is 0 Å². The number of aromatic nitrogens is 3. The zero-order valence-electron chi connectivity index (χ0n) is 15.5. The Labute approximate surface area is 163 Å². The fraction of sp³-hybridized carbons (Fsp3) is 0.273. The van der Waals surface area contributed by atoms with Gasteiger partial charge in [0.1, 0.15) is 12.1 Å². The van der Waals surface area contributed by atoms with Crippen LogP contribution >= 0.6 is 0 Å². The molecule has 4 rings (SSSR count). The fourth-order valence-corrected chi connectivity index (χ4v) is 3.74. The number of rotatable bonds is 4. The van der Waals surface area contributed by atoms with Crippen LogP contribution in [0, 0.1) is 5.82 Å². The van der Waals surface area contributed by atoms with E-state index in [0.717, 1.165) is 29.7 Å². The summed E-state index contributed by atoms with van der Waals surface area (Å²) >= 11 is 0. The van der Waals surface area contributed by atoms with E-state index >= 15 is 0 Å². The predicted octanol–water partition coefficient (Wildman–Crippen LogP) is 3.63. The quantitative estimate of drug-likeness (QED) is 0.698. The molecule has 5 nitrogen and oxygen atoms in total. The molecule has 142 valence electrons. The lowest BCUT2D eigenvalue weighted by molar-refractivity contribution is -0.131. The van der Waals surface area contributed by atoms with Crippen molar-refractivity contribution < 1.29 is 9.18 Å². The SMILES string of the molecule is O=C(Cc1ccccc1F)N1CCC(c2ncncc2-c2ccncc2)CC1. The van der Waals surface area contributed by atoms with Gasteiger partial charge in [-0.15, -0.1) is 0 Å². The number of carbonyl (C=O) groups excluding carboxylic acids is 1. The number of halogens is 1. The van der Waals surface area contributed by atoms with Crippen LogP contribution in [0.15, 0.2) is 61.3 Å². The second-order valence-corrected chi connectivity index (χ2v) is 6.98. The number of piperidine rings is 1. The molecular formula is C22H21FN4O. The molecule has 28 heavy (non-hydrogen) atoms. The molecule has 6 heteroatoms. The van der Waals surface area contributed by atoms with Crippen LogP contribution in [0.1, 0.15) is 30.0 Å². The Morgan fingerprint density at radius 2 is 1.82 bits per heavy atom. The highest BCUT2D eigenvalue weighted by molar-refractivity contribution is 5.79. The first kappa shape index (κ1) is 18.2. The number of likely N-dealkylation sites (tertiary alicyclic amines) is 1. The van der Waals surface area contributed by atoms with Crippen LogP contribution in [0.3, 0.4) is 0 Å². The molecule has 0 saturated carbocycles. The summed E-state index contributed by atoms with van der Waals surface area (Å²) in [6, 6.07) is 10.4. The van der Waals surface area contributed by atoms with E-state index in [-0.39, 0.29) is 24.1 Å². The molecule has 1 amide bonds. The van der Waals surface area contributed by atoms with Crippen molar-refractivity contribution in [2.45, 2.75) is 25.2 Å². The Hall–Kier alpha value is -3.15. The van der Waals surface area contributed by atoms with E-state index in [0.29, 0.717) is 18.7 Å². The third-order valence-electron chi connectivity index (χ3n) is 5.27. The van der Waals surface area contributed by atoms with Gasteiger partial charge in [-0.1, -0.05) is 18.2 Å². The summed E-state index contributed by atoms with van der Waals surface area (Å²) in [4.78, 5) is 27.2. The average molecular weight is 376 g/mol. The van der Waals surface area contributed by atoms with Crippen LogP contribution in [0.4, 0.5) is 4.39 Å². The molecule has 3 aromatic rings.